The lowest BCUT2D eigenvalue weighted by Gasteiger charge is -2.12. The zero-order chi connectivity index (χ0) is 21.3. The largest absolute Gasteiger partial charge is 0.457 e. The van der Waals surface area contributed by atoms with E-state index in [4.69, 9.17) is 4.74 Å². The van der Waals surface area contributed by atoms with Crippen LogP contribution in [0.1, 0.15) is 21.5 Å². The Balaban J connectivity index is 1.53. The SMILES string of the molecule is O=C(Nc1cc(Oc2cc(F)cc(C(F)(F)F)c2)ccn1)c1cccc2c1CCN2. The molecule has 0 radical (unpaired) electrons. The number of carbonyl (C=O) groups excluding carboxylic acids is 1. The summed E-state index contributed by atoms with van der Waals surface area (Å²) in [5.41, 5.74) is 1.15. The number of ether oxygens (including phenoxy) is 1. The van der Waals surface area contributed by atoms with Gasteiger partial charge in [0.15, 0.2) is 0 Å². The van der Waals surface area contributed by atoms with Crippen LogP contribution in [0.25, 0.3) is 0 Å². The van der Waals surface area contributed by atoms with Crippen LogP contribution in [0.2, 0.25) is 0 Å². The number of aromatic nitrogens is 1. The number of nitrogens with zero attached hydrogens (tertiary/aromatic N) is 1. The van der Waals surface area contributed by atoms with Gasteiger partial charge in [0.25, 0.3) is 5.91 Å². The summed E-state index contributed by atoms with van der Waals surface area (Å²) in [6, 6.07) is 10.0. The molecular formula is C21H15F4N3O2. The van der Waals surface area contributed by atoms with Gasteiger partial charge in [-0.15, -0.1) is 0 Å². The monoisotopic (exact) mass is 417 g/mol. The number of hydrogen-bond acceptors (Lipinski definition) is 4. The fourth-order valence-electron chi connectivity index (χ4n) is 3.20. The van der Waals surface area contributed by atoms with Crippen molar-refractivity contribution in [3.8, 4) is 11.5 Å². The third-order valence-corrected chi connectivity index (χ3v) is 4.52. The first-order chi connectivity index (χ1) is 14.3. The van der Waals surface area contributed by atoms with Crippen LogP contribution in [-0.4, -0.2) is 17.4 Å². The summed E-state index contributed by atoms with van der Waals surface area (Å²) >= 11 is 0. The van der Waals surface area contributed by atoms with Crippen molar-refractivity contribution < 1.29 is 27.1 Å². The number of anilines is 2. The summed E-state index contributed by atoms with van der Waals surface area (Å²) in [5, 5.41) is 5.84. The Morgan fingerprint density at radius 1 is 1.10 bits per heavy atom. The molecular weight excluding hydrogens is 402 g/mol. The molecule has 30 heavy (non-hydrogen) atoms. The van der Waals surface area contributed by atoms with Crippen LogP contribution in [0, 0.1) is 5.82 Å². The van der Waals surface area contributed by atoms with Crippen LogP contribution in [0.15, 0.2) is 54.7 Å². The van der Waals surface area contributed by atoms with E-state index in [-0.39, 0.29) is 23.2 Å². The molecule has 1 aliphatic heterocycles. The lowest BCUT2D eigenvalue weighted by atomic mass is 10.0. The molecule has 0 atom stereocenters. The van der Waals surface area contributed by atoms with Gasteiger partial charge in [-0.1, -0.05) is 6.07 Å². The van der Waals surface area contributed by atoms with Crippen molar-refractivity contribution in [2.75, 3.05) is 17.2 Å². The van der Waals surface area contributed by atoms with Gasteiger partial charge in [0.1, 0.15) is 23.1 Å². The average molecular weight is 417 g/mol. The van der Waals surface area contributed by atoms with E-state index in [0.717, 1.165) is 30.3 Å². The van der Waals surface area contributed by atoms with E-state index in [1.807, 2.05) is 6.07 Å². The number of rotatable bonds is 4. The molecule has 0 saturated heterocycles. The molecule has 1 aliphatic rings. The number of amides is 1. The number of halogens is 4. The maximum absolute atomic E-state index is 13.6. The second-order valence-electron chi connectivity index (χ2n) is 6.61. The minimum absolute atomic E-state index is 0.0963. The molecule has 5 nitrogen and oxygen atoms in total. The topological polar surface area (TPSA) is 63.2 Å². The van der Waals surface area contributed by atoms with E-state index in [1.165, 1.54) is 18.3 Å². The number of hydrogen-bond donors (Lipinski definition) is 2. The molecule has 154 valence electrons. The molecule has 0 aliphatic carbocycles. The van der Waals surface area contributed by atoms with Gasteiger partial charge in [0.2, 0.25) is 0 Å². The van der Waals surface area contributed by atoms with Crippen LogP contribution >= 0.6 is 0 Å². The highest BCUT2D eigenvalue weighted by atomic mass is 19.4. The Labute approximate surface area is 168 Å². The molecule has 2 aromatic carbocycles. The summed E-state index contributed by atoms with van der Waals surface area (Å²) in [6.45, 7) is 0.745. The quantitative estimate of drug-likeness (QED) is 0.569. The summed E-state index contributed by atoms with van der Waals surface area (Å²) < 4.78 is 57.5. The Hall–Kier alpha value is -3.62. The Morgan fingerprint density at radius 2 is 1.93 bits per heavy atom. The molecule has 3 aromatic rings. The molecule has 9 heteroatoms. The average Bonchev–Trinajstić information content (AvgIpc) is 3.16. The first-order valence-corrected chi connectivity index (χ1v) is 8.98. The van der Waals surface area contributed by atoms with Crippen LogP contribution in [0.5, 0.6) is 11.5 Å². The lowest BCUT2D eigenvalue weighted by molar-refractivity contribution is -0.137. The number of nitrogens with one attached hydrogen (secondary N) is 2. The van der Waals surface area contributed by atoms with Gasteiger partial charge >= 0.3 is 6.18 Å². The molecule has 0 bridgehead atoms. The van der Waals surface area contributed by atoms with Gasteiger partial charge in [-0.2, -0.15) is 13.2 Å². The summed E-state index contributed by atoms with van der Waals surface area (Å²) in [6.07, 6.45) is -2.66. The molecule has 0 spiro atoms. The normalized spacial score (nSPS) is 12.8. The number of fused-ring (bicyclic) bond motifs is 1. The lowest BCUT2D eigenvalue weighted by Crippen LogP contribution is -2.14. The Kier molecular flexibility index (Phi) is 5.03. The minimum atomic E-state index is -4.71. The molecule has 0 unspecified atom stereocenters. The second-order valence-corrected chi connectivity index (χ2v) is 6.61. The zero-order valence-electron chi connectivity index (χ0n) is 15.4. The third-order valence-electron chi connectivity index (χ3n) is 4.52. The van der Waals surface area contributed by atoms with Gasteiger partial charge < -0.3 is 15.4 Å². The third kappa shape index (κ3) is 4.19. The summed E-state index contributed by atoms with van der Waals surface area (Å²) in [4.78, 5) is 16.7. The van der Waals surface area contributed by atoms with Gasteiger partial charge in [0.05, 0.1) is 5.56 Å². The van der Waals surface area contributed by atoms with Crippen molar-refractivity contribution in [1.82, 2.24) is 4.98 Å². The number of carbonyl (C=O) groups is 1. The van der Waals surface area contributed by atoms with E-state index in [9.17, 15) is 22.4 Å². The van der Waals surface area contributed by atoms with Crippen LogP contribution in [0.3, 0.4) is 0 Å². The molecule has 1 amide bonds. The smallest absolute Gasteiger partial charge is 0.416 e. The second kappa shape index (κ2) is 7.66. The molecule has 4 rings (SSSR count). The predicted molar refractivity (Wildman–Crippen MR) is 102 cm³/mol. The van der Waals surface area contributed by atoms with E-state index in [1.54, 1.807) is 12.1 Å². The number of pyridine rings is 1. The highest BCUT2D eigenvalue weighted by Crippen LogP contribution is 2.34. The fraction of sp³-hybridized carbons (Fsp3) is 0.143. The van der Waals surface area contributed by atoms with Crippen LogP contribution < -0.4 is 15.4 Å². The molecule has 0 saturated carbocycles. The molecule has 1 aromatic heterocycles. The number of alkyl halides is 3. The van der Waals surface area contributed by atoms with Crippen molar-refractivity contribution in [2.24, 2.45) is 0 Å². The number of benzene rings is 2. The molecule has 2 heterocycles. The Bertz CT molecular complexity index is 1120. The fourth-order valence-corrected chi connectivity index (χ4v) is 3.20. The van der Waals surface area contributed by atoms with Crippen LogP contribution in [0.4, 0.5) is 29.1 Å². The van der Waals surface area contributed by atoms with Gasteiger partial charge in [-0.3, -0.25) is 4.79 Å². The highest BCUT2D eigenvalue weighted by Gasteiger charge is 2.31. The first kappa shape index (κ1) is 19.7. The highest BCUT2D eigenvalue weighted by molar-refractivity contribution is 6.06. The van der Waals surface area contributed by atoms with Crippen molar-refractivity contribution in [3.63, 3.8) is 0 Å². The van der Waals surface area contributed by atoms with Gasteiger partial charge in [-0.05, 0) is 42.3 Å². The van der Waals surface area contributed by atoms with E-state index in [2.05, 4.69) is 15.6 Å². The van der Waals surface area contributed by atoms with E-state index >= 15 is 0 Å². The first-order valence-electron chi connectivity index (χ1n) is 8.98. The Morgan fingerprint density at radius 3 is 2.73 bits per heavy atom. The van der Waals surface area contributed by atoms with E-state index in [0.29, 0.717) is 17.7 Å². The predicted octanol–water partition coefficient (Wildman–Crippen LogP) is 5.25. The molecule has 2 N–H and O–H groups in total. The van der Waals surface area contributed by atoms with Crippen molar-refractivity contribution in [1.29, 1.82) is 0 Å². The zero-order valence-corrected chi connectivity index (χ0v) is 15.4. The van der Waals surface area contributed by atoms with Crippen molar-refractivity contribution >= 4 is 17.4 Å². The van der Waals surface area contributed by atoms with Crippen LogP contribution in [-0.2, 0) is 12.6 Å². The standard InChI is InChI=1S/C21H15F4N3O2/c22-13-8-12(21(23,24)25)9-15(10-13)30-14-4-6-27-19(11-14)28-20(29)17-2-1-3-18-16(17)5-7-26-18/h1-4,6,8-11,26H,5,7H2,(H,27,28,29). The van der Waals surface area contributed by atoms with Gasteiger partial charge in [-0.25, -0.2) is 9.37 Å². The summed E-state index contributed by atoms with van der Waals surface area (Å²) in [7, 11) is 0. The molecule has 0 fully saturated rings. The van der Waals surface area contributed by atoms with Gasteiger partial charge in [0, 0.05) is 36.1 Å². The van der Waals surface area contributed by atoms with Crippen molar-refractivity contribution in [2.45, 2.75) is 12.6 Å². The summed E-state index contributed by atoms with van der Waals surface area (Å²) in [5.74, 6) is -1.52. The maximum Gasteiger partial charge on any atom is 0.416 e. The minimum Gasteiger partial charge on any atom is -0.457 e. The van der Waals surface area contributed by atoms with Crippen molar-refractivity contribution in [3.05, 3.63) is 77.2 Å². The van der Waals surface area contributed by atoms with E-state index < -0.39 is 17.6 Å². The maximum atomic E-state index is 13.6.